The van der Waals surface area contributed by atoms with E-state index in [4.69, 9.17) is 0 Å². The molecule has 0 spiro atoms. The molecule has 4 N–H and O–H groups in total. The number of H-pyrrole nitrogens is 2. The van der Waals surface area contributed by atoms with Gasteiger partial charge < -0.3 is 10.6 Å². The van der Waals surface area contributed by atoms with Crippen molar-refractivity contribution in [1.29, 1.82) is 0 Å². The fourth-order valence-corrected chi connectivity index (χ4v) is 6.27. The van der Waals surface area contributed by atoms with Crippen molar-refractivity contribution in [2.45, 2.75) is 50.4 Å². The number of nitrogens with one attached hydrogen (secondary N) is 4. The molecular formula is C31H34F6N10O. The summed E-state index contributed by atoms with van der Waals surface area (Å²) in [6, 6.07) is 7.49. The van der Waals surface area contributed by atoms with E-state index < -0.39 is 35.6 Å². The van der Waals surface area contributed by atoms with Crippen LogP contribution in [0, 0.1) is 0 Å². The summed E-state index contributed by atoms with van der Waals surface area (Å²) in [4.78, 5) is 27.3. The Morgan fingerprint density at radius 2 is 1.06 bits per heavy atom. The lowest BCUT2D eigenvalue weighted by Gasteiger charge is -2.42. The van der Waals surface area contributed by atoms with E-state index in [1.807, 2.05) is 23.6 Å². The molecular weight excluding hydrogens is 642 g/mol. The molecule has 2 saturated heterocycles. The molecule has 2 aromatic carbocycles. The minimum atomic E-state index is -4.45. The lowest BCUT2D eigenvalue weighted by molar-refractivity contribution is -0.138. The van der Waals surface area contributed by atoms with E-state index in [-0.39, 0.29) is 29.5 Å². The fraction of sp³-hybridized carbons (Fsp3) is 0.452. The first-order valence-corrected chi connectivity index (χ1v) is 15.5. The van der Waals surface area contributed by atoms with Gasteiger partial charge in [-0.15, -0.1) is 0 Å². The zero-order valence-electron chi connectivity index (χ0n) is 26.0. The van der Waals surface area contributed by atoms with Crippen LogP contribution in [0.2, 0.25) is 0 Å². The van der Waals surface area contributed by atoms with Crippen LogP contribution in [0.5, 0.6) is 0 Å². The van der Waals surface area contributed by atoms with E-state index in [1.165, 1.54) is 24.3 Å². The molecule has 4 heterocycles. The predicted molar refractivity (Wildman–Crippen MR) is 162 cm³/mol. The highest BCUT2D eigenvalue weighted by molar-refractivity contribution is 5.88. The molecule has 2 fully saturated rings. The van der Waals surface area contributed by atoms with Gasteiger partial charge >= 0.3 is 12.4 Å². The normalized spacial score (nSPS) is 21.2. The minimum Gasteiger partial charge on any atom is -0.313 e. The second-order valence-electron chi connectivity index (χ2n) is 11.9. The number of halogens is 6. The van der Waals surface area contributed by atoms with Crippen molar-refractivity contribution in [3.63, 3.8) is 0 Å². The monoisotopic (exact) mass is 676 g/mol. The third-order valence-corrected chi connectivity index (χ3v) is 8.97. The molecule has 0 saturated carbocycles. The Kier molecular flexibility index (Phi) is 9.39. The van der Waals surface area contributed by atoms with Gasteiger partial charge in [0.1, 0.15) is 11.6 Å². The van der Waals surface area contributed by atoms with Crippen molar-refractivity contribution in [2.75, 3.05) is 39.3 Å². The SMILES string of the molecule is CC(C(=O)C(C)N1CCNCC1c1nc(-c2ccc(C(F)(F)F)cc2)n[nH]1)N1CCNCC1c1nc(-c2ccc(C(F)(F)F)cc2)n[nH]1. The fourth-order valence-electron chi connectivity index (χ4n) is 6.27. The number of carbonyl (C=O) groups is 1. The van der Waals surface area contributed by atoms with E-state index in [1.54, 1.807) is 0 Å². The topological polar surface area (TPSA) is 131 Å². The summed E-state index contributed by atoms with van der Waals surface area (Å²) in [5.74, 6) is 1.45. The van der Waals surface area contributed by atoms with Crippen LogP contribution in [0.15, 0.2) is 48.5 Å². The van der Waals surface area contributed by atoms with Crippen molar-refractivity contribution in [3.8, 4) is 22.8 Å². The maximum Gasteiger partial charge on any atom is 0.416 e. The first-order valence-electron chi connectivity index (χ1n) is 15.5. The summed E-state index contributed by atoms with van der Waals surface area (Å²) in [6.45, 7) is 7.03. The number of piperazine rings is 2. The van der Waals surface area contributed by atoms with Gasteiger partial charge in [-0.3, -0.25) is 24.8 Å². The zero-order chi connectivity index (χ0) is 34.2. The van der Waals surface area contributed by atoms with Gasteiger partial charge in [0.05, 0.1) is 35.3 Å². The lowest BCUT2D eigenvalue weighted by atomic mass is 9.99. The van der Waals surface area contributed by atoms with Crippen LogP contribution in [0.1, 0.15) is 48.7 Å². The third-order valence-electron chi connectivity index (χ3n) is 8.97. The Bertz CT molecular complexity index is 1580. The van der Waals surface area contributed by atoms with Gasteiger partial charge in [0.2, 0.25) is 0 Å². The first kappa shape index (κ1) is 33.7. The Morgan fingerprint density at radius 1 is 0.688 bits per heavy atom. The van der Waals surface area contributed by atoms with Gasteiger partial charge in [-0.25, -0.2) is 9.97 Å². The minimum absolute atomic E-state index is 0.0289. The van der Waals surface area contributed by atoms with Gasteiger partial charge in [-0.2, -0.15) is 36.5 Å². The van der Waals surface area contributed by atoms with Crippen molar-refractivity contribution in [3.05, 3.63) is 71.3 Å². The van der Waals surface area contributed by atoms with Gasteiger partial charge in [0, 0.05) is 50.4 Å². The molecule has 2 aliphatic rings. The quantitative estimate of drug-likeness (QED) is 0.203. The highest BCUT2D eigenvalue weighted by atomic mass is 19.4. The highest BCUT2D eigenvalue weighted by Gasteiger charge is 2.39. The molecule has 4 aromatic rings. The largest absolute Gasteiger partial charge is 0.416 e. The summed E-state index contributed by atoms with van der Waals surface area (Å²) in [5, 5.41) is 21.0. The van der Waals surface area contributed by atoms with Crippen molar-refractivity contribution >= 4 is 5.78 Å². The molecule has 4 atom stereocenters. The van der Waals surface area contributed by atoms with E-state index >= 15 is 0 Å². The molecule has 0 amide bonds. The number of rotatable bonds is 8. The van der Waals surface area contributed by atoms with Crippen LogP contribution in [-0.2, 0) is 17.1 Å². The number of Topliss-reactive ketones (excluding diaryl/α,β-unsaturated/α-hetero) is 1. The Hall–Kier alpha value is -4.19. The lowest BCUT2D eigenvalue weighted by Crippen LogP contribution is -2.58. The first-order chi connectivity index (χ1) is 22.8. The number of aromatic amines is 2. The molecule has 2 aliphatic heterocycles. The number of aromatic nitrogens is 6. The Labute approximate surface area is 271 Å². The molecule has 6 rings (SSSR count). The van der Waals surface area contributed by atoms with Gasteiger partial charge in [-0.1, -0.05) is 24.3 Å². The molecule has 0 radical (unpaired) electrons. The molecule has 17 heteroatoms. The van der Waals surface area contributed by atoms with E-state index in [0.29, 0.717) is 62.0 Å². The molecule has 0 bridgehead atoms. The Balaban J connectivity index is 1.16. The average molecular weight is 677 g/mol. The number of nitrogens with zero attached hydrogens (tertiary/aromatic N) is 6. The molecule has 256 valence electrons. The van der Waals surface area contributed by atoms with Crippen molar-refractivity contribution < 1.29 is 31.1 Å². The van der Waals surface area contributed by atoms with Crippen molar-refractivity contribution in [1.82, 2.24) is 50.8 Å². The van der Waals surface area contributed by atoms with E-state index in [2.05, 4.69) is 41.0 Å². The van der Waals surface area contributed by atoms with Crippen LogP contribution in [0.25, 0.3) is 22.8 Å². The van der Waals surface area contributed by atoms with E-state index in [9.17, 15) is 31.1 Å². The zero-order valence-corrected chi connectivity index (χ0v) is 26.0. The smallest absolute Gasteiger partial charge is 0.313 e. The number of alkyl halides is 6. The molecule has 48 heavy (non-hydrogen) atoms. The standard InChI is InChI=1S/C31H34F6N10O/c1-17(46-13-11-38-15-23(46)28-40-26(42-44-28)19-3-7-21(8-4-19)30(32,33)34)25(48)18(2)47-14-12-39-16-24(47)29-41-27(43-45-29)20-5-9-22(10-6-20)31(35,36)37/h3-10,17-18,23-24,38-39H,11-16H2,1-2H3,(H,40,42,44)(H,41,43,45). The third kappa shape index (κ3) is 6.99. The molecule has 0 aliphatic carbocycles. The second kappa shape index (κ2) is 13.4. The number of ketones is 1. The number of benzene rings is 2. The summed E-state index contributed by atoms with van der Waals surface area (Å²) >= 11 is 0. The Morgan fingerprint density at radius 3 is 1.42 bits per heavy atom. The van der Waals surface area contributed by atoms with Crippen LogP contribution >= 0.6 is 0 Å². The van der Waals surface area contributed by atoms with Crippen LogP contribution in [0.4, 0.5) is 26.3 Å². The summed E-state index contributed by atoms with van der Waals surface area (Å²) < 4.78 is 78.1. The summed E-state index contributed by atoms with van der Waals surface area (Å²) in [5.41, 5.74) is -0.670. The highest BCUT2D eigenvalue weighted by Crippen LogP contribution is 2.33. The maximum absolute atomic E-state index is 14.1. The number of hydrogen-bond acceptors (Lipinski definition) is 9. The van der Waals surface area contributed by atoms with Gasteiger partial charge in [0.25, 0.3) is 0 Å². The number of carbonyl (C=O) groups excluding carboxylic acids is 1. The van der Waals surface area contributed by atoms with E-state index in [0.717, 1.165) is 24.3 Å². The summed E-state index contributed by atoms with van der Waals surface area (Å²) in [6.07, 6.45) is -8.90. The van der Waals surface area contributed by atoms with Crippen molar-refractivity contribution in [2.24, 2.45) is 0 Å². The van der Waals surface area contributed by atoms with Crippen LogP contribution in [-0.4, -0.2) is 97.3 Å². The molecule has 4 unspecified atom stereocenters. The van der Waals surface area contributed by atoms with Gasteiger partial charge in [0.15, 0.2) is 17.4 Å². The van der Waals surface area contributed by atoms with Gasteiger partial charge in [-0.05, 0) is 38.1 Å². The molecule has 2 aromatic heterocycles. The van der Waals surface area contributed by atoms with Crippen LogP contribution < -0.4 is 10.6 Å². The predicted octanol–water partition coefficient (Wildman–Crippen LogP) is 4.23. The van der Waals surface area contributed by atoms with Crippen LogP contribution in [0.3, 0.4) is 0 Å². The summed E-state index contributed by atoms with van der Waals surface area (Å²) in [7, 11) is 0. The second-order valence-corrected chi connectivity index (χ2v) is 11.9. The number of hydrogen-bond donors (Lipinski definition) is 4. The average Bonchev–Trinajstić information content (AvgIpc) is 3.78. The maximum atomic E-state index is 14.1. The molecule has 11 nitrogen and oxygen atoms in total.